The summed E-state index contributed by atoms with van der Waals surface area (Å²) in [6.07, 6.45) is 0.879. The van der Waals surface area contributed by atoms with E-state index in [2.05, 4.69) is 20.8 Å². The molecule has 76 valence electrons. The number of benzene rings is 1. The molecule has 1 saturated heterocycles. The molecule has 0 aliphatic carbocycles. The van der Waals surface area contributed by atoms with Gasteiger partial charge in [0.05, 0.1) is 0 Å². The summed E-state index contributed by atoms with van der Waals surface area (Å²) in [6.45, 7) is 6.46. The monoisotopic (exact) mass is 208 g/mol. The van der Waals surface area contributed by atoms with Crippen LogP contribution in [0.3, 0.4) is 0 Å². The number of hydrogen-bond acceptors (Lipinski definition) is 1. The van der Waals surface area contributed by atoms with Crippen LogP contribution >= 0.6 is 7.14 Å². The van der Waals surface area contributed by atoms with E-state index in [0.717, 1.165) is 11.5 Å². The fourth-order valence-corrected chi connectivity index (χ4v) is 5.90. The molecule has 1 aliphatic rings. The molecule has 0 bridgehead atoms. The largest absolute Gasteiger partial charge is 0.318 e. The van der Waals surface area contributed by atoms with Crippen molar-refractivity contribution in [2.75, 3.05) is 6.16 Å². The van der Waals surface area contributed by atoms with Gasteiger partial charge >= 0.3 is 0 Å². The summed E-state index contributed by atoms with van der Waals surface area (Å²) in [6, 6.07) is 9.96. The van der Waals surface area contributed by atoms with Crippen LogP contribution in [-0.2, 0) is 4.57 Å². The predicted octanol–water partition coefficient (Wildman–Crippen LogP) is 3.10. The van der Waals surface area contributed by atoms with E-state index in [1.807, 2.05) is 30.3 Å². The van der Waals surface area contributed by atoms with Crippen molar-refractivity contribution in [2.24, 2.45) is 5.92 Å². The van der Waals surface area contributed by atoms with Crippen LogP contribution in [0.5, 0.6) is 0 Å². The highest BCUT2D eigenvalue weighted by molar-refractivity contribution is 7.74. The van der Waals surface area contributed by atoms with Crippen molar-refractivity contribution in [2.45, 2.75) is 25.9 Å². The SMILES string of the molecule is C[C@H]1C[P@](=O)(c2ccccc2)C1(C)C. The Balaban J connectivity index is 2.42. The molecule has 1 fully saturated rings. The van der Waals surface area contributed by atoms with E-state index in [-0.39, 0.29) is 5.16 Å². The lowest BCUT2D eigenvalue weighted by atomic mass is 9.97. The molecule has 0 unspecified atom stereocenters. The second-order valence-corrected chi connectivity index (χ2v) is 8.33. The first-order valence-corrected chi connectivity index (χ1v) is 7.02. The number of hydrogen-bond donors (Lipinski definition) is 0. The second kappa shape index (κ2) is 2.97. The minimum absolute atomic E-state index is 0.00560. The molecule has 1 aromatic carbocycles. The lowest BCUT2D eigenvalue weighted by molar-refractivity contribution is 0.403. The fraction of sp³-hybridized carbons (Fsp3) is 0.500. The van der Waals surface area contributed by atoms with Gasteiger partial charge in [0.2, 0.25) is 0 Å². The average Bonchev–Trinajstić information content (AvgIpc) is 2.19. The van der Waals surface area contributed by atoms with Gasteiger partial charge in [-0.1, -0.05) is 51.1 Å². The maximum absolute atomic E-state index is 12.7. The normalized spacial score (nSPS) is 34.9. The van der Waals surface area contributed by atoms with Crippen LogP contribution in [0.25, 0.3) is 0 Å². The Morgan fingerprint density at radius 2 is 1.86 bits per heavy atom. The summed E-state index contributed by atoms with van der Waals surface area (Å²) in [7, 11) is -2.10. The van der Waals surface area contributed by atoms with E-state index in [9.17, 15) is 4.57 Å². The predicted molar refractivity (Wildman–Crippen MR) is 61.8 cm³/mol. The van der Waals surface area contributed by atoms with Gasteiger partial charge in [-0.2, -0.15) is 0 Å². The number of rotatable bonds is 1. The maximum atomic E-state index is 12.7. The Bertz CT molecular complexity index is 381. The molecule has 2 atom stereocenters. The Kier molecular flexibility index (Phi) is 2.12. The van der Waals surface area contributed by atoms with Crippen molar-refractivity contribution in [3.63, 3.8) is 0 Å². The van der Waals surface area contributed by atoms with Gasteiger partial charge in [0, 0.05) is 16.6 Å². The van der Waals surface area contributed by atoms with E-state index in [1.165, 1.54) is 0 Å². The summed E-state index contributed by atoms with van der Waals surface area (Å²) in [5, 5.41) is 1.05. The topological polar surface area (TPSA) is 17.1 Å². The van der Waals surface area contributed by atoms with E-state index in [0.29, 0.717) is 5.92 Å². The van der Waals surface area contributed by atoms with Crippen LogP contribution in [0, 0.1) is 5.92 Å². The van der Waals surface area contributed by atoms with Crippen LogP contribution in [-0.4, -0.2) is 11.3 Å². The third kappa shape index (κ3) is 1.12. The lowest BCUT2D eigenvalue weighted by Crippen LogP contribution is -2.47. The third-order valence-electron chi connectivity index (χ3n) is 3.84. The first-order chi connectivity index (χ1) is 6.48. The molecule has 0 spiro atoms. The first-order valence-electron chi connectivity index (χ1n) is 5.13. The molecule has 0 radical (unpaired) electrons. The van der Waals surface area contributed by atoms with Crippen molar-refractivity contribution in [1.82, 2.24) is 0 Å². The molecule has 1 aromatic rings. The van der Waals surface area contributed by atoms with E-state index in [1.54, 1.807) is 0 Å². The molecule has 0 amide bonds. The Morgan fingerprint density at radius 1 is 1.29 bits per heavy atom. The Morgan fingerprint density at radius 3 is 2.29 bits per heavy atom. The van der Waals surface area contributed by atoms with Crippen LogP contribution in [0.2, 0.25) is 0 Å². The highest BCUT2D eigenvalue weighted by Crippen LogP contribution is 2.70. The van der Waals surface area contributed by atoms with Crippen molar-refractivity contribution >= 4 is 12.4 Å². The molecule has 0 aromatic heterocycles. The molecule has 1 heterocycles. The fourth-order valence-electron chi connectivity index (χ4n) is 2.19. The molecule has 1 nitrogen and oxygen atoms in total. The minimum atomic E-state index is -2.10. The van der Waals surface area contributed by atoms with E-state index in [4.69, 9.17) is 0 Å². The molecule has 2 heteroatoms. The van der Waals surface area contributed by atoms with E-state index >= 15 is 0 Å². The second-order valence-electron chi connectivity index (χ2n) is 4.81. The third-order valence-corrected chi connectivity index (χ3v) is 8.34. The summed E-state index contributed by atoms with van der Waals surface area (Å²) in [4.78, 5) is 0. The van der Waals surface area contributed by atoms with Crippen molar-refractivity contribution in [3.8, 4) is 0 Å². The van der Waals surface area contributed by atoms with Crippen molar-refractivity contribution in [3.05, 3.63) is 30.3 Å². The van der Waals surface area contributed by atoms with Gasteiger partial charge in [0.25, 0.3) is 0 Å². The van der Waals surface area contributed by atoms with Gasteiger partial charge in [-0.05, 0) is 5.92 Å². The Labute approximate surface area is 85.9 Å². The zero-order valence-corrected chi connectivity index (χ0v) is 9.92. The summed E-state index contributed by atoms with van der Waals surface area (Å²) in [5.41, 5.74) is 0. The van der Waals surface area contributed by atoms with Crippen LogP contribution in [0.1, 0.15) is 20.8 Å². The van der Waals surface area contributed by atoms with Crippen LogP contribution < -0.4 is 5.30 Å². The molecular formula is C12H17OP. The quantitative estimate of drug-likeness (QED) is 0.648. The molecule has 1 aliphatic heterocycles. The zero-order valence-electron chi connectivity index (χ0n) is 9.03. The van der Waals surface area contributed by atoms with Gasteiger partial charge in [0.1, 0.15) is 7.14 Å². The summed E-state index contributed by atoms with van der Waals surface area (Å²) < 4.78 is 12.7. The molecule has 2 rings (SSSR count). The highest BCUT2D eigenvalue weighted by atomic mass is 31.2. The minimum Gasteiger partial charge on any atom is -0.318 e. The van der Waals surface area contributed by atoms with Crippen LogP contribution in [0.4, 0.5) is 0 Å². The highest BCUT2D eigenvalue weighted by Gasteiger charge is 2.55. The molecule has 0 N–H and O–H groups in total. The summed E-state index contributed by atoms with van der Waals surface area (Å²) >= 11 is 0. The maximum Gasteiger partial charge on any atom is 0.121 e. The first kappa shape index (κ1) is 9.98. The average molecular weight is 208 g/mol. The lowest BCUT2D eigenvalue weighted by Gasteiger charge is -2.50. The van der Waals surface area contributed by atoms with Crippen molar-refractivity contribution < 1.29 is 4.57 Å². The van der Waals surface area contributed by atoms with Gasteiger partial charge in [0.15, 0.2) is 0 Å². The van der Waals surface area contributed by atoms with Gasteiger partial charge in [-0.15, -0.1) is 0 Å². The van der Waals surface area contributed by atoms with E-state index < -0.39 is 7.14 Å². The Hall–Kier alpha value is -0.550. The van der Waals surface area contributed by atoms with Gasteiger partial charge < -0.3 is 4.57 Å². The smallest absolute Gasteiger partial charge is 0.121 e. The molecule has 0 saturated carbocycles. The molecule has 14 heavy (non-hydrogen) atoms. The van der Waals surface area contributed by atoms with Crippen LogP contribution in [0.15, 0.2) is 30.3 Å². The molecular weight excluding hydrogens is 191 g/mol. The zero-order chi connectivity index (χ0) is 10.4. The standard InChI is InChI=1S/C12H17OP/c1-10-9-14(13,12(10,2)3)11-7-5-4-6-8-11/h4-8,10H,9H2,1-3H3/t10-,14-/m0/s1. The summed E-state index contributed by atoms with van der Waals surface area (Å²) in [5.74, 6) is 0.577. The van der Waals surface area contributed by atoms with Gasteiger partial charge in [-0.3, -0.25) is 0 Å². The van der Waals surface area contributed by atoms with Gasteiger partial charge in [-0.25, -0.2) is 0 Å². The van der Waals surface area contributed by atoms with Crippen molar-refractivity contribution in [1.29, 1.82) is 0 Å².